The molecule has 13 heteroatoms. The van der Waals surface area contributed by atoms with Crippen LogP contribution in [0.5, 0.6) is 0 Å². The van der Waals surface area contributed by atoms with Crippen LogP contribution >= 0.6 is 0 Å². The van der Waals surface area contributed by atoms with E-state index in [-0.39, 0.29) is 16.5 Å². The van der Waals surface area contributed by atoms with Gasteiger partial charge >= 0.3 is 5.69 Å². The molecule has 29 heavy (non-hydrogen) atoms. The molecule has 12 nitrogen and oxygen atoms in total. The van der Waals surface area contributed by atoms with Gasteiger partial charge in [-0.1, -0.05) is 0 Å². The molecule has 0 saturated carbocycles. The largest absolute Gasteiger partial charge is 0.324 e. The SMILES string of the molecule is CC(C(=O)Nc1ccc(S(=O)(=O)Nc2ncccn2)cc1)n1cc([N+](=O)[O-])cn1. The molecular formula is C16H15N7O5S. The molecule has 2 aromatic heterocycles. The van der Waals surface area contributed by atoms with Crippen molar-refractivity contribution >= 4 is 33.3 Å². The van der Waals surface area contributed by atoms with Crippen molar-refractivity contribution in [2.45, 2.75) is 17.9 Å². The average Bonchev–Trinajstić information content (AvgIpc) is 3.19. The number of carbonyl (C=O) groups excluding carboxylic acids is 1. The van der Waals surface area contributed by atoms with Crippen LogP contribution in [0.4, 0.5) is 17.3 Å². The fraction of sp³-hybridized carbons (Fsp3) is 0.125. The van der Waals surface area contributed by atoms with Crippen LogP contribution in [0.2, 0.25) is 0 Å². The second kappa shape index (κ2) is 8.02. The van der Waals surface area contributed by atoms with Crippen LogP contribution in [0.15, 0.2) is 60.0 Å². The molecule has 1 unspecified atom stereocenters. The summed E-state index contributed by atoms with van der Waals surface area (Å²) in [5.74, 6) is -0.540. The van der Waals surface area contributed by atoms with Crippen LogP contribution in [-0.2, 0) is 14.8 Å². The van der Waals surface area contributed by atoms with Gasteiger partial charge in [-0.3, -0.25) is 19.6 Å². The number of hydrogen-bond acceptors (Lipinski definition) is 8. The molecule has 1 atom stereocenters. The van der Waals surface area contributed by atoms with E-state index in [4.69, 9.17) is 0 Å². The summed E-state index contributed by atoms with van der Waals surface area (Å²) in [6, 6.07) is 6.18. The number of rotatable bonds is 7. The maximum Gasteiger partial charge on any atom is 0.307 e. The Morgan fingerprint density at radius 2 is 1.86 bits per heavy atom. The lowest BCUT2D eigenvalue weighted by molar-refractivity contribution is -0.385. The summed E-state index contributed by atoms with van der Waals surface area (Å²) in [5, 5.41) is 17.1. The fourth-order valence-electron chi connectivity index (χ4n) is 2.25. The summed E-state index contributed by atoms with van der Waals surface area (Å²) in [7, 11) is -3.89. The summed E-state index contributed by atoms with van der Waals surface area (Å²) in [4.78, 5) is 30.0. The molecule has 2 N–H and O–H groups in total. The lowest BCUT2D eigenvalue weighted by atomic mass is 10.2. The normalized spacial score (nSPS) is 12.2. The topological polar surface area (TPSA) is 162 Å². The molecule has 0 spiro atoms. The smallest absolute Gasteiger partial charge is 0.307 e. The Morgan fingerprint density at radius 1 is 1.21 bits per heavy atom. The van der Waals surface area contributed by atoms with E-state index >= 15 is 0 Å². The highest BCUT2D eigenvalue weighted by molar-refractivity contribution is 7.92. The minimum absolute atomic E-state index is 0.0429. The molecule has 1 aromatic carbocycles. The molecule has 0 aliphatic heterocycles. The molecule has 3 aromatic rings. The van der Waals surface area contributed by atoms with Crippen molar-refractivity contribution in [1.29, 1.82) is 0 Å². The summed E-state index contributed by atoms with van der Waals surface area (Å²) in [6.07, 6.45) is 5.00. The van der Waals surface area contributed by atoms with Crippen LogP contribution in [0.25, 0.3) is 0 Å². The monoisotopic (exact) mass is 417 g/mol. The summed E-state index contributed by atoms with van der Waals surface area (Å²) in [5.41, 5.74) is 0.118. The predicted molar refractivity (Wildman–Crippen MR) is 102 cm³/mol. The second-order valence-electron chi connectivity index (χ2n) is 5.80. The molecular weight excluding hydrogens is 402 g/mol. The van der Waals surface area contributed by atoms with Crippen molar-refractivity contribution in [3.63, 3.8) is 0 Å². The number of carbonyl (C=O) groups is 1. The Balaban J connectivity index is 1.68. The Bertz CT molecular complexity index is 1130. The van der Waals surface area contributed by atoms with Crippen LogP contribution in [0.3, 0.4) is 0 Å². The van der Waals surface area contributed by atoms with Gasteiger partial charge in [0, 0.05) is 18.1 Å². The minimum Gasteiger partial charge on any atom is -0.324 e. The van der Waals surface area contributed by atoms with Gasteiger partial charge in [0.1, 0.15) is 18.4 Å². The van der Waals surface area contributed by atoms with E-state index in [1.165, 1.54) is 43.6 Å². The van der Waals surface area contributed by atoms with Crippen molar-refractivity contribution in [3.05, 3.63) is 65.2 Å². The molecule has 2 heterocycles. The van der Waals surface area contributed by atoms with E-state index in [1.807, 2.05) is 0 Å². The van der Waals surface area contributed by atoms with E-state index in [2.05, 4.69) is 25.1 Å². The van der Waals surface area contributed by atoms with Crippen molar-refractivity contribution in [1.82, 2.24) is 19.7 Å². The fourth-order valence-corrected chi connectivity index (χ4v) is 3.21. The number of hydrogen-bond donors (Lipinski definition) is 2. The zero-order valence-electron chi connectivity index (χ0n) is 15.0. The van der Waals surface area contributed by atoms with Crippen molar-refractivity contribution in [2.24, 2.45) is 0 Å². The highest BCUT2D eigenvalue weighted by atomic mass is 32.2. The van der Waals surface area contributed by atoms with E-state index in [9.17, 15) is 23.3 Å². The second-order valence-corrected chi connectivity index (χ2v) is 7.49. The quantitative estimate of drug-likeness (QED) is 0.432. The molecule has 0 bridgehead atoms. The number of anilines is 2. The molecule has 0 aliphatic carbocycles. The van der Waals surface area contributed by atoms with Crippen molar-refractivity contribution < 1.29 is 18.1 Å². The van der Waals surface area contributed by atoms with E-state index < -0.39 is 26.9 Å². The van der Waals surface area contributed by atoms with Gasteiger partial charge in [-0.2, -0.15) is 5.10 Å². The zero-order valence-corrected chi connectivity index (χ0v) is 15.8. The van der Waals surface area contributed by atoms with E-state index in [0.717, 1.165) is 17.1 Å². The Labute approximate surface area is 164 Å². The molecule has 0 aliphatic rings. The molecule has 0 radical (unpaired) electrons. The Hall–Kier alpha value is -3.87. The summed E-state index contributed by atoms with van der Waals surface area (Å²) < 4.78 is 28.1. The first-order valence-corrected chi connectivity index (χ1v) is 9.64. The standard InChI is InChI=1S/C16H15N7O5S/c1-11(22-10-13(9-19-22)23(25)26)15(24)20-12-3-5-14(6-4-12)29(27,28)21-16-17-7-2-8-18-16/h2-11H,1H3,(H,20,24)(H,17,18,21). The highest BCUT2D eigenvalue weighted by Crippen LogP contribution is 2.18. The van der Waals surface area contributed by atoms with Gasteiger partial charge in [0.2, 0.25) is 11.9 Å². The first-order valence-electron chi connectivity index (χ1n) is 8.15. The van der Waals surface area contributed by atoms with Crippen LogP contribution < -0.4 is 10.0 Å². The van der Waals surface area contributed by atoms with E-state index in [0.29, 0.717) is 5.69 Å². The van der Waals surface area contributed by atoms with Crippen LogP contribution in [-0.4, -0.2) is 39.0 Å². The number of aromatic nitrogens is 4. The molecule has 150 valence electrons. The number of nitrogens with zero attached hydrogens (tertiary/aromatic N) is 5. The van der Waals surface area contributed by atoms with Gasteiger partial charge in [0.05, 0.1) is 9.82 Å². The number of sulfonamides is 1. The van der Waals surface area contributed by atoms with Crippen LogP contribution in [0, 0.1) is 10.1 Å². The van der Waals surface area contributed by atoms with Gasteiger partial charge in [-0.25, -0.2) is 23.1 Å². The van der Waals surface area contributed by atoms with Crippen LogP contribution in [0.1, 0.15) is 13.0 Å². The number of nitrogens with one attached hydrogen (secondary N) is 2. The first-order chi connectivity index (χ1) is 13.8. The third kappa shape index (κ3) is 4.70. The van der Waals surface area contributed by atoms with Gasteiger partial charge in [-0.05, 0) is 37.3 Å². The van der Waals surface area contributed by atoms with Gasteiger partial charge in [0.25, 0.3) is 10.0 Å². The minimum atomic E-state index is -3.89. The van der Waals surface area contributed by atoms with Gasteiger partial charge in [0.15, 0.2) is 0 Å². The average molecular weight is 417 g/mol. The zero-order chi connectivity index (χ0) is 21.0. The third-order valence-corrected chi connectivity index (χ3v) is 5.14. The molecule has 3 rings (SSSR count). The van der Waals surface area contributed by atoms with Gasteiger partial charge in [-0.15, -0.1) is 0 Å². The van der Waals surface area contributed by atoms with Crippen molar-refractivity contribution in [3.8, 4) is 0 Å². The molecule has 0 fully saturated rings. The summed E-state index contributed by atoms with van der Waals surface area (Å²) in [6.45, 7) is 1.52. The third-order valence-electron chi connectivity index (χ3n) is 3.80. The van der Waals surface area contributed by atoms with Gasteiger partial charge < -0.3 is 5.32 Å². The molecule has 1 amide bonds. The number of nitro groups is 1. The first kappa shape index (κ1) is 19.9. The van der Waals surface area contributed by atoms with E-state index in [1.54, 1.807) is 6.07 Å². The number of benzene rings is 1. The highest BCUT2D eigenvalue weighted by Gasteiger charge is 2.20. The Morgan fingerprint density at radius 3 is 2.45 bits per heavy atom. The Kier molecular flexibility index (Phi) is 5.50. The summed E-state index contributed by atoms with van der Waals surface area (Å²) >= 11 is 0. The maximum atomic E-state index is 12.3. The lowest BCUT2D eigenvalue weighted by Gasteiger charge is -2.13. The molecule has 0 saturated heterocycles. The predicted octanol–water partition coefficient (Wildman–Crippen LogP) is 1.58. The number of amides is 1. The maximum absolute atomic E-state index is 12.3. The van der Waals surface area contributed by atoms with Crippen molar-refractivity contribution in [2.75, 3.05) is 10.0 Å². The lowest BCUT2D eigenvalue weighted by Crippen LogP contribution is -2.24.